The number of hydrogen-bond acceptors (Lipinski definition) is 6. The van der Waals surface area contributed by atoms with Crippen molar-refractivity contribution < 1.29 is 18.9 Å². The number of carbonyl (C=O) groups is 1. The van der Waals surface area contributed by atoms with Gasteiger partial charge < -0.3 is 9.15 Å². The van der Waals surface area contributed by atoms with E-state index in [0.29, 0.717) is 22.3 Å². The summed E-state index contributed by atoms with van der Waals surface area (Å²) in [5, 5.41) is 13.9. The van der Waals surface area contributed by atoms with Gasteiger partial charge in [0.05, 0.1) is 23.0 Å². The highest BCUT2D eigenvalue weighted by Gasteiger charge is 2.20. The Morgan fingerprint density at radius 3 is 2.34 bits per heavy atom. The van der Waals surface area contributed by atoms with Gasteiger partial charge in [-0.25, -0.2) is 0 Å². The van der Waals surface area contributed by atoms with Gasteiger partial charge in [0.15, 0.2) is 0 Å². The number of benzene rings is 3. The zero-order valence-electron chi connectivity index (χ0n) is 17.2. The fourth-order valence-electron chi connectivity index (χ4n) is 3.38. The number of nitrogens with one attached hydrogen (secondary N) is 1. The number of amides is 1. The van der Waals surface area contributed by atoms with Crippen LogP contribution in [-0.4, -0.2) is 17.9 Å². The molecule has 0 radical (unpaired) electrons. The number of carbonyl (C=O) groups excluding carboxylic acids is 1. The Morgan fingerprint density at radius 2 is 1.72 bits per heavy atom. The van der Waals surface area contributed by atoms with Crippen LogP contribution in [0.25, 0.3) is 22.1 Å². The number of methoxy groups -OCH3 is 1. The SMILES string of the molecule is COc1ccc(-c2c(NC(=O)c3ccc([N+](=O)[O-])cc3)oc3c(C)cccc3c2=O)cc1. The number of hydrogen-bond donors (Lipinski definition) is 1. The van der Waals surface area contributed by atoms with Crippen molar-refractivity contribution in [2.24, 2.45) is 0 Å². The lowest BCUT2D eigenvalue weighted by Gasteiger charge is -2.13. The molecule has 0 fully saturated rings. The molecule has 1 aromatic heterocycles. The molecule has 0 saturated heterocycles. The molecule has 4 aromatic rings. The van der Waals surface area contributed by atoms with Crippen LogP contribution in [0.2, 0.25) is 0 Å². The average Bonchev–Trinajstić information content (AvgIpc) is 2.80. The van der Waals surface area contributed by atoms with Gasteiger partial charge in [-0.05, 0) is 48.4 Å². The van der Waals surface area contributed by atoms with Gasteiger partial charge in [0, 0.05) is 17.7 Å². The second-order valence-electron chi connectivity index (χ2n) is 7.07. The highest BCUT2D eigenvalue weighted by atomic mass is 16.6. The smallest absolute Gasteiger partial charge is 0.269 e. The Bertz CT molecular complexity index is 1390. The van der Waals surface area contributed by atoms with Crippen molar-refractivity contribution >= 4 is 28.4 Å². The fraction of sp³-hybridized carbons (Fsp3) is 0.0833. The molecule has 0 bridgehead atoms. The van der Waals surface area contributed by atoms with E-state index in [9.17, 15) is 19.7 Å². The standard InChI is InChI=1S/C24H18N2O6/c1-14-4-3-5-19-21(27)20(15-8-12-18(31-2)13-9-15)24(32-22(14)19)25-23(28)16-6-10-17(11-7-16)26(29)30/h3-13H,1-2H3,(H,25,28). The monoisotopic (exact) mass is 430 g/mol. The predicted octanol–water partition coefficient (Wildman–Crippen LogP) is 4.94. The maximum atomic E-state index is 13.4. The summed E-state index contributed by atoms with van der Waals surface area (Å²) in [5.74, 6) is 0.0438. The van der Waals surface area contributed by atoms with Crippen molar-refractivity contribution in [3.8, 4) is 16.9 Å². The Morgan fingerprint density at radius 1 is 1.03 bits per heavy atom. The number of nitrogens with zero attached hydrogens (tertiary/aromatic N) is 1. The summed E-state index contributed by atoms with van der Waals surface area (Å²) in [7, 11) is 1.54. The number of fused-ring (bicyclic) bond motifs is 1. The summed E-state index contributed by atoms with van der Waals surface area (Å²) < 4.78 is 11.2. The lowest BCUT2D eigenvalue weighted by Crippen LogP contribution is -2.16. The van der Waals surface area contributed by atoms with Gasteiger partial charge in [-0.15, -0.1) is 0 Å². The molecular formula is C24H18N2O6. The minimum Gasteiger partial charge on any atom is -0.497 e. The highest BCUT2D eigenvalue weighted by Crippen LogP contribution is 2.31. The van der Waals surface area contributed by atoms with E-state index >= 15 is 0 Å². The van der Waals surface area contributed by atoms with Crippen molar-refractivity contribution in [1.82, 2.24) is 0 Å². The molecule has 0 aliphatic rings. The molecule has 0 spiro atoms. The molecule has 1 amide bonds. The predicted molar refractivity (Wildman–Crippen MR) is 120 cm³/mol. The fourth-order valence-corrected chi connectivity index (χ4v) is 3.38. The Kier molecular flexibility index (Phi) is 5.43. The third-order valence-corrected chi connectivity index (χ3v) is 5.06. The second kappa shape index (κ2) is 8.35. The first-order valence-corrected chi connectivity index (χ1v) is 9.65. The molecule has 0 saturated carbocycles. The maximum absolute atomic E-state index is 13.4. The number of para-hydroxylation sites is 1. The van der Waals surface area contributed by atoms with Gasteiger partial charge in [0.25, 0.3) is 11.6 Å². The zero-order valence-corrected chi connectivity index (χ0v) is 17.2. The van der Waals surface area contributed by atoms with E-state index in [2.05, 4.69) is 5.32 Å². The van der Waals surface area contributed by atoms with E-state index in [-0.39, 0.29) is 28.1 Å². The minimum atomic E-state index is -0.564. The molecule has 8 nitrogen and oxygen atoms in total. The van der Waals surface area contributed by atoms with Crippen LogP contribution in [0.4, 0.5) is 11.6 Å². The molecule has 0 aliphatic heterocycles. The molecule has 0 atom stereocenters. The lowest BCUT2D eigenvalue weighted by molar-refractivity contribution is -0.384. The average molecular weight is 430 g/mol. The molecule has 160 valence electrons. The number of anilines is 1. The summed E-state index contributed by atoms with van der Waals surface area (Å²) in [4.78, 5) is 36.5. The van der Waals surface area contributed by atoms with Crippen molar-refractivity contribution in [3.05, 3.63) is 98.2 Å². The first-order valence-electron chi connectivity index (χ1n) is 9.65. The van der Waals surface area contributed by atoms with E-state index in [1.54, 1.807) is 49.4 Å². The van der Waals surface area contributed by atoms with E-state index in [4.69, 9.17) is 9.15 Å². The van der Waals surface area contributed by atoms with Crippen LogP contribution in [-0.2, 0) is 0 Å². The summed E-state index contributed by atoms with van der Waals surface area (Å²) in [6, 6.07) is 17.2. The zero-order chi connectivity index (χ0) is 22.8. The van der Waals surface area contributed by atoms with Crippen LogP contribution in [0.15, 0.2) is 75.9 Å². The first kappa shape index (κ1) is 20.8. The van der Waals surface area contributed by atoms with Gasteiger partial charge >= 0.3 is 0 Å². The number of aryl methyl sites for hydroxylation is 1. The topological polar surface area (TPSA) is 112 Å². The molecule has 0 aliphatic carbocycles. The number of non-ortho nitro benzene ring substituents is 1. The van der Waals surface area contributed by atoms with Gasteiger partial charge in [-0.1, -0.05) is 24.3 Å². The second-order valence-corrected chi connectivity index (χ2v) is 7.07. The molecular weight excluding hydrogens is 412 g/mol. The Hall–Kier alpha value is -4.46. The summed E-state index contributed by atoms with van der Waals surface area (Å²) in [5.41, 5.74) is 1.61. The third-order valence-electron chi connectivity index (χ3n) is 5.06. The normalized spacial score (nSPS) is 10.7. The van der Waals surface area contributed by atoms with Gasteiger partial charge in [0.2, 0.25) is 11.3 Å². The number of nitro benzene ring substituents is 1. The van der Waals surface area contributed by atoms with Crippen molar-refractivity contribution in [2.75, 3.05) is 12.4 Å². The summed E-state index contributed by atoms with van der Waals surface area (Å²) >= 11 is 0. The van der Waals surface area contributed by atoms with Crippen LogP contribution in [0.1, 0.15) is 15.9 Å². The molecule has 32 heavy (non-hydrogen) atoms. The summed E-state index contributed by atoms with van der Waals surface area (Å²) in [6.45, 7) is 1.81. The molecule has 3 aromatic carbocycles. The number of ether oxygens (including phenoxy) is 1. The number of rotatable bonds is 5. The summed E-state index contributed by atoms with van der Waals surface area (Å²) in [6.07, 6.45) is 0. The minimum absolute atomic E-state index is 0.00896. The van der Waals surface area contributed by atoms with Crippen LogP contribution < -0.4 is 15.5 Å². The highest BCUT2D eigenvalue weighted by molar-refractivity contribution is 6.06. The molecule has 0 unspecified atom stereocenters. The van der Waals surface area contributed by atoms with E-state index in [0.717, 1.165) is 5.56 Å². The largest absolute Gasteiger partial charge is 0.497 e. The van der Waals surface area contributed by atoms with Crippen LogP contribution in [0.5, 0.6) is 5.75 Å². The first-order chi connectivity index (χ1) is 15.4. The van der Waals surface area contributed by atoms with E-state index in [1.807, 2.05) is 0 Å². The Balaban J connectivity index is 1.84. The maximum Gasteiger partial charge on any atom is 0.269 e. The van der Waals surface area contributed by atoms with Gasteiger partial charge in [0.1, 0.15) is 11.3 Å². The number of nitro groups is 1. The molecule has 1 N–H and O–H groups in total. The van der Waals surface area contributed by atoms with Crippen LogP contribution in [0, 0.1) is 17.0 Å². The van der Waals surface area contributed by atoms with Crippen molar-refractivity contribution in [2.45, 2.75) is 6.92 Å². The Labute approximate surface area is 182 Å². The van der Waals surface area contributed by atoms with Crippen LogP contribution >= 0.6 is 0 Å². The van der Waals surface area contributed by atoms with Gasteiger partial charge in [-0.2, -0.15) is 0 Å². The molecule has 8 heteroatoms. The van der Waals surface area contributed by atoms with Crippen molar-refractivity contribution in [3.63, 3.8) is 0 Å². The molecule has 4 rings (SSSR count). The lowest BCUT2D eigenvalue weighted by atomic mass is 10.0. The van der Waals surface area contributed by atoms with Crippen LogP contribution in [0.3, 0.4) is 0 Å². The van der Waals surface area contributed by atoms with Gasteiger partial charge in [-0.3, -0.25) is 25.0 Å². The quantitative estimate of drug-likeness (QED) is 0.355. The van der Waals surface area contributed by atoms with Crippen molar-refractivity contribution in [1.29, 1.82) is 0 Å². The van der Waals surface area contributed by atoms with E-state index < -0.39 is 10.8 Å². The third kappa shape index (κ3) is 3.81. The van der Waals surface area contributed by atoms with E-state index in [1.165, 1.54) is 31.4 Å². The molecule has 1 heterocycles.